The molecule has 0 aromatic heterocycles. The second-order valence-electron chi connectivity index (χ2n) is 4.37. The number of aromatic hydroxyl groups is 1. The highest BCUT2D eigenvalue weighted by Crippen LogP contribution is 2.38. The number of rotatable bonds is 7. The molecule has 0 heterocycles. The molecular formula is C14H22N2O5. The van der Waals surface area contributed by atoms with Gasteiger partial charge in [-0.1, -0.05) is 0 Å². The quantitative estimate of drug-likeness (QED) is 0.660. The molecule has 0 radical (unpaired) electrons. The number of benzene rings is 1. The van der Waals surface area contributed by atoms with E-state index < -0.39 is 6.09 Å². The monoisotopic (exact) mass is 298 g/mol. The van der Waals surface area contributed by atoms with Crippen molar-refractivity contribution in [2.45, 2.75) is 13.0 Å². The molecule has 0 spiro atoms. The summed E-state index contributed by atoms with van der Waals surface area (Å²) in [6.45, 7) is 2.98. The highest BCUT2D eigenvalue weighted by molar-refractivity contribution is 5.66. The molecule has 7 nitrogen and oxygen atoms in total. The molecule has 1 amide bonds. The minimum absolute atomic E-state index is 0.00662. The second kappa shape index (κ2) is 8.21. The van der Waals surface area contributed by atoms with Crippen molar-refractivity contribution in [2.75, 3.05) is 34.4 Å². The standard InChI is InChI=1S/C14H22N2O5/c1-9(15-5-6-16-14(18)21-4)10-7-11(19-2)13(17)12(8-10)20-3/h7-9,15,17H,5-6H2,1-4H3,(H,16,18). The number of amides is 1. The maximum atomic E-state index is 10.9. The molecule has 1 atom stereocenters. The smallest absolute Gasteiger partial charge is 0.406 e. The first-order chi connectivity index (χ1) is 10.0. The van der Waals surface area contributed by atoms with Crippen molar-refractivity contribution in [1.82, 2.24) is 10.6 Å². The van der Waals surface area contributed by atoms with Crippen molar-refractivity contribution in [3.63, 3.8) is 0 Å². The first-order valence-corrected chi connectivity index (χ1v) is 6.53. The predicted molar refractivity (Wildman–Crippen MR) is 78.0 cm³/mol. The van der Waals surface area contributed by atoms with Gasteiger partial charge in [0.15, 0.2) is 11.5 Å². The van der Waals surface area contributed by atoms with Gasteiger partial charge in [0.2, 0.25) is 5.75 Å². The topological polar surface area (TPSA) is 89.1 Å². The number of carbonyl (C=O) groups excluding carboxylic acids is 1. The molecule has 0 aliphatic rings. The van der Waals surface area contributed by atoms with E-state index in [2.05, 4.69) is 15.4 Å². The largest absolute Gasteiger partial charge is 0.502 e. The number of methoxy groups -OCH3 is 3. The number of ether oxygens (including phenoxy) is 3. The highest BCUT2D eigenvalue weighted by atomic mass is 16.5. The van der Waals surface area contributed by atoms with Crippen molar-refractivity contribution < 1.29 is 24.1 Å². The number of hydrogen-bond donors (Lipinski definition) is 3. The maximum Gasteiger partial charge on any atom is 0.406 e. The SMILES string of the molecule is COC(=O)NCCNC(C)c1cc(OC)c(O)c(OC)c1. The van der Waals surface area contributed by atoms with Gasteiger partial charge in [-0.2, -0.15) is 0 Å². The van der Waals surface area contributed by atoms with E-state index >= 15 is 0 Å². The molecule has 118 valence electrons. The third-order valence-corrected chi connectivity index (χ3v) is 3.03. The van der Waals surface area contributed by atoms with Gasteiger partial charge in [0.1, 0.15) is 0 Å². The molecule has 0 bridgehead atoms. The molecule has 21 heavy (non-hydrogen) atoms. The minimum Gasteiger partial charge on any atom is -0.502 e. The lowest BCUT2D eigenvalue weighted by Gasteiger charge is -2.17. The molecule has 0 saturated heterocycles. The third-order valence-electron chi connectivity index (χ3n) is 3.03. The van der Waals surface area contributed by atoms with Crippen LogP contribution in [-0.4, -0.2) is 45.6 Å². The van der Waals surface area contributed by atoms with Gasteiger partial charge >= 0.3 is 6.09 Å². The molecule has 0 aliphatic carbocycles. The van der Waals surface area contributed by atoms with Crippen LogP contribution in [0.1, 0.15) is 18.5 Å². The van der Waals surface area contributed by atoms with Gasteiger partial charge in [-0.05, 0) is 24.6 Å². The molecule has 1 aromatic rings. The Kier molecular flexibility index (Phi) is 6.61. The average Bonchev–Trinajstić information content (AvgIpc) is 2.51. The van der Waals surface area contributed by atoms with Crippen molar-refractivity contribution in [3.8, 4) is 17.2 Å². The van der Waals surface area contributed by atoms with Gasteiger partial charge in [0, 0.05) is 19.1 Å². The van der Waals surface area contributed by atoms with E-state index in [1.54, 1.807) is 12.1 Å². The lowest BCUT2D eigenvalue weighted by molar-refractivity contribution is 0.171. The molecule has 0 saturated carbocycles. The van der Waals surface area contributed by atoms with Crippen LogP contribution in [0.5, 0.6) is 17.2 Å². The van der Waals surface area contributed by atoms with Crippen molar-refractivity contribution in [3.05, 3.63) is 17.7 Å². The molecule has 7 heteroatoms. The maximum absolute atomic E-state index is 10.9. The Morgan fingerprint density at radius 3 is 2.24 bits per heavy atom. The lowest BCUT2D eigenvalue weighted by Crippen LogP contribution is -2.32. The van der Waals surface area contributed by atoms with Crippen LogP contribution in [0.15, 0.2) is 12.1 Å². The third kappa shape index (κ3) is 4.71. The van der Waals surface area contributed by atoms with Gasteiger partial charge in [-0.25, -0.2) is 4.79 Å². The summed E-state index contributed by atoms with van der Waals surface area (Å²) in [6.07, 6.45) is -0.461. The van der Waals surface area contributed by atoms with Gasteiger partial charge in [0.25, 0.3) is 0 Å². The molecule has 1 unspecified atom stereocenters. The Hall–Kier alpha value is -2.15. The van der Waals surface area contributed by atoms with E-state index in [9.17, 15) is 9.90 Å². The Morgan fingerprint density at radius 2 is 1.76 bits per heavy atom. The lowest BCUT2D eigenvalue weighted by atomic mass is 10.1. The van der Waals surface area contributed by atoms with Crippen LogP contribution in [-0.2, 0) is 4.74 Å². The normalized spacial score (nSPS) is 11.6. The summed E-state index contributed by atoms with van der Waals surface area (Å²) >= 11 is 0. The van der Waals surface area contributed by atoms with E-state index in [0.717, 1.165) is 5.56 Å². The van der Waals surface area contributed by atoms with Crippen LogP contribution in [0, 0.1) is 0 Å². The van der Waals surface area contributed by atoms with Gasteiger partial charge in [0.05, 0.1) is 21.3 Å². The predicted octanol–water partition coefficient (Wildman–Crippen LogP) is 1.42. The zero-order chi connectivity index (χ0) is 15.8. The zero-order valence-corrected chi connectivity index (χ0v) is 12.7. The number of phenolic OH excluding ortho intramolecular Hbond substituents is 1. The van der Waals surface area contributed by atoms with Crippen LogP contribution in [0.25, 0.3) is 0 Å². The summed E-state index contributed by atoms with van der Waals surface area (Å²) in [6, 6.07) is 3.47. The van der Waals surface area contributed by atoms with Crippen LogP contribution in [0.2, 0.25) is 0 Å². The highest BCUT2D eigenvalue weighted by Gasteiger charge is 2.14. The molecule has 0 aliphatic heterocycles. The molecule has 0 fully saturated rings. The van der Waals surface area contributed by atoms with Gasteiger partial charge in [-0.15, -0.1) is 0 Å². The summed E-state index contributed by atoms with van der Waals surface area (Å²) in [5, 5.41) is 15.7. The Bertz CT molecular complexity index is 453. The summed E-state index contributed by atoms with van der Waals surface area (Å²) in [5.41, 5.74) is 0.902. The van der Waals surface area contributed by atoms with Crippen LogP contribution in [0.3, 0.4) is 0 Å². The average molecular weight is 298 g/mol. The summed E-state index contributed by atoms with van der Waals surface area (Å²) < 4.78 is 14.7. The second-order valence-corrected chi connectivity index (χ2v) is 4.37. The Morgan fingerprint density at radius 1 is 1.19 bits per heavy atom. The fourth-order valence-electron chi connectivity index (χ4n) is 1.81. The molecule has 1 rings (SSSR count). The number of nitrogens with one attached hydrogen (secondary N) is 2. The first-order valence-electron chi connectivity index (χ1n) is 6.53. The Labute approximate surface area is 124 Å². The summed E-state index contributed by atoms with van der Waals surface area (Å²) in [5.74, 6) is 0.680. The van der Waals surface area contributed by atoms with Crippen molar-refractivity contribution in [2.24, 2.45) is 0 Å². The molecule has 1 aromatic carbocycles. The Balaban J connectivity index is 2.65. The van der Waals surface area contributed by atoms with E-state index in [0.29, 0.717) is 24.6 Å². The van der Waals surface area contributed by atoms with E-state index in [1.165, 1.54) is 21.3 Å². The number of carbonyl (C=O) groups is 1. The first kappa shape index (κ1) is 16.9. The van der Waals surface area contributed by atoms with E-state index in [1.807, 2.05) is 6.92 Å². The van der Waals surface area contributed by atoms with Gasteiger partial charge < -0.3 is 30.0 Å². The molecular weight excluding hydrogens is 276 g/mol. The minimum atomic E-state index is -0.461. The fourth-order valence-corrected chi connectivity index (χ4v) is 1.81. The van der Waals surface area contributed by atoms with E-state index in [4.69, 9.17) is 9.47 Å². The van der Waals surface area contributed by atoms with Crippen LogP contribution < -0.4 is 20.1 Å². The number of hydrogen-bond acceptors (Lipinski definition) is 6. The fraction of sp³-hybridized carbons (Fsp3) is 0.500. The zero-order valence-electron chi connectivity index (χ0n) is 12.7. The van der Waals surface area contributed by atoms with Crippen molar-refractivity contribution >= 4 is 6.09 Å². The van der Waals surface area contributed by atoms with E-state index in [-0.39, 0.29) is 11.8 Å². The number of phenols is 1. The summed E-state index contributed by atoms with van der Waals surface area (Å²) in [4.78, 5) is 10.9. The van der Waals surface area contributed by atoms with Crippen molar-refractivity contribution in [1.29, 1.82) is 0 Å². The van der Waals surface area contributed by atoms with Crippen LogP contribution in [0.4, 0.5) is 4.79 Å². The molecule has 3 N–H and O–H groups in total. The number of alkyl carbamates (subject to hydrolysis) is 1. The summed E-state index contributed by atoms with van der Waals surface area (Å²) in [7, 11) is 4.29. The van der Waals surface area contributed by atoms with Crippen LogP contribution >= 0.6 is 0 Å². The van der Waals surface area contributed by atoms with Gasteiger partial charge in [-0.3, -0.25) is 0 Å².